The van der Waals surface area contributed by atoms with Crippen LogP contribution in [0.15, 0.2) is 132 Å². The van der Waals surface area contributed by atoms with E-state index in [2.05, 4.69) is 147 Å². The van der Waals surface area contributed by atoms with Gasteiger partial charge in [-0.3, -0.25) is 24.4 Å². The van der Waals surface area contributed by atoms with Gasteiger partial charge in [0.25, 0.3) is 0 Å². The molecule has 0 atom stereocenters. The molecule has 4 aliphatic heterocycles. The Morgan fingerprint density at radius 1 is 0.537 bits per heavy atom. The molecule has 4 heterocycles. The molecular weight excluding hydrogens is 827 g/mol. The Morgan fingerprint density at radius 3 is 1.22 bits per heavy atom. The summed E-state index contributed by atoms with van der Waals surface area (Å²) < 4.78 is 0. The molecule has 10 heteroatoms. The Bertz CT molecular complexity index is 2160. The number of piperidine rings is 4. The van der Waals surface area contributed by atoms with E-state index < -0.39 is 5.41 Å². The molecule has 4 fully saturated rings. The van der Waals surface area contributed by atoms with Crippen LogP contribution >= 0.6 is 0 Å². The Kier molecular flexibility index (Phi) is 22.4. The van der Waals surface area contributed by atoms with Gasteiger partial charge in [0.05, 0.1) is 30.0 Å². The van der Waals surface area contributed by atoms with Gasteiger partial charge < -0.3 is 11.5 Å². The van der Waals surface area contributed by atoms with Crippen LogP contribution in [0.4, 0.5) is 0 Å². The first-order chi connectivity index (χ1) is 32.7. The van der Waals surface area contributed by atoms with Crippen molar-refractivity contribution in [3.05, 3.63) is 155 Å². The molecule has 10 nitrogen and oxygen atoms in total. The number of likely N-dealkylation sites (tertiary alicyclic amines) is 4. The molecule has 4 aromatic rings. The van der Waals surface area contributed by atoms with Crippen molar-refractivity contribution >= 4 is 5.78 Å². The molecule has 67 heavy (non-hydrogen) atoms. The van der Waals surface area contributed by atoms with E-state index >= 15 is 0 Å². The zero-order valence-electron chi connectivity index (χ0n) is 40.2. The van der Waals surface area contributed by atoms with Crippen molar-refractivity contribution in [1.29, 1.82) is 15.8 Å². The minimum atomic E-state index is -0.401. The van der Waals surface area contributed by atoms with E-state index in [-0.39, 0.29) is 0 Å². The van der Waals surface area contributed by atoms with E-state index in [0.717, 1.165) is 142 Å². The van der Waals surface area contributed by atoms with Gasteiger partial charge in [-0.2, -0.15) is 15.8 Å². The maximum Gasteiger partial charge on any atom is 0.135 e. The number of carbonyl (C=O) groups excluding carboxylic acids is 1. The van der Waals surface area contributed by atoms with Crippen molar-refractivity contribution < 1.29 is 4.79 Å². The zero-order valence-corrected chi connectivity index (χ0v) is 40.2. The SMILES string of the molecule is CC(C#N)=C1CCN(Cc2ccccc2)CC1.N#CCC1(C#N)CCN(Cc2ccccc2)CC1.NCCC1(CN)CCN(Cc2ccccc2)CC1.O=C1CCN(Cc2ccccc2)CC1. The van der Waals surface area contributed by atoms with Crippen LogP contribution in [-0.2, 0) is 31.0 Å². The van der Waals surface area contributed by atoms with Gasteiger partial charge in [-0.25, -0.2) is 0 Å². The van der Waals surface area contributed by atoms with Crippen molar-refractivity contribution in [1.82, 2.24) is 19.6 Å². The van der Waals surface area contributed by atoms with E-state index in [9.17, 15) is 10.1 Å². The van der Waals surface area contributed by atoms with Crippen LogP contribution in [0.2, 0.25) is 0 Å². The number of nitrogens with zero attached hydrogens (tertiary/aromatic N) is 7. The van der Waals surface area contributed by atoms with Crippen molar-refractivity contribution in [3.8, 4) is 18.2 Å². The highest BCUT2D eigenvalue weighted by Crippen LogP contribution is 2.35. The van der Waals surface area contributed by atoms with Gasteiger partial charge in [0, 0.05) is 83.9 Å². The summed E-state index contributed by atoms with van der Waals surface area (Å²) in [7, 11) is 0. The number of hydrogen-bond acceptors (Lipinski definition) is 10. The van der Waals surface area contributed by atoms with Gasteiger partial charge >= 0.3 is 0 Å². The number of ketones is 1. The topological polar surface area (TPSA) is 153 Å². The number of benzene rings is 4. The minimum absolute atomic E-state index is 0.307. The number of Topliss-reactive ketones (excluding diaryl/α,β-unsaturated/α-hetero) is 1. The van der Waals surface area contributed by atoms with Crippen molar-refractivity contribution in [3.63, 3.8) is 0 Å². The lowest BCUT2D eigenvalue weighted by Crippen LogP contribution is -2.44. The molecule has 4 N–H and O–H groups in total. The number of allylic oxidation sites excluding steroid dienone is 1. The average molecular weight is 902 g/mol. The van der Waals surface area contributed by atoms with Crippen molar-refractivity contribution in [2.24, 2.45) is 22.3 Å². The van der Waals surface area contributed by atoms with Crippen LogP contribution in [-0.4, -0.2) is 90.8 Å². The Hall–Kier alpha value is -5.48. The molecule has 0 radical (unpaired) electrons. The molecular formula is C57H75N9O. The van der Waals surface area contributed by atoms with E-state index in [1.54, 1.807) is 0 Å². The Morgan fingerprint density at radius 2 is 0.896 bits per heavy atom. The van der Waals surface area contributed by atoms with Crippen LogP contribution < -0.4 is 11.5 Å². The molecule has 0 unspecified atom stereocenters. The second-order valence-corrected chi connectivity index (χ2v) is 18.9. The molecule has 0 bridgehead atoms. The number of nitrogens with two attached hydrogens (primary N) is 2. The van der Waals surface area contributed by atoms with Crippen LogP contribution in [0.25, 0.3) is 0 Å². The lowest BCUT2D eigenvalue weighted by atomic mass is 9.75. The van der Waals surface area contributed by atoms with Crippen molar-refractivity contribution in [2.45, 2.75) is 97.3 Å². The number of hydrogen-bond donors (Lipinski definition) is 2. The van der Waals surface area contributed by atoms with Gasteiger partial charge in [0.1, 0.15) is 5.78 Å². The second-order valence-electron chi connectivity index (χ2n) is 18.9. The first-order valence-corrected chi connectivity index (χ1v) is 24.5. The quantitative estimate of drug-likeness (QED) is 0.132. The van der Waals surface area contributed by atoms with Crippen LogP contribution in [0, 0.1) is 44.8 Å². The summed E-state index contributed by atoms with van der Waals surface area (Å²) in [6.45, 7) is 15.6. The summed E-state index contributed by atoms with van der Waals surface area (Å²) >= 11 is 0. The Labute approximate surface area is 402 Å². The molecule has 4 aromatic carbocycles. The smallest absolute Gasteiger partial charge is 0.135 e. The molecule has 0 amide bonds. The summed E-state index contributed by atoms with van der Waals surface area (Å²) in [5.41, 5.74) is 19.2. The summed E-state index contributed by atoms with van der Waals surface area (Å²) in [6, 6.07) is 48.8. The normalized spacial score (nSPS) is 18.4. The summed E-state index contributed by atoms with van der Waals surface area (Å²) in [5.74, 6) is 0.411. The molecule has 0 spiro atoms. The zero-order chi connectivity index (χ0) is 47.6. The number of carbonyl (C=O) groups is 1. The molecule has 4 saturated heterocycles. The lowest BCUT2D eigenvalue weighted by molar-refractivity contribution is -0.121. The summed E-state index contributed by atoms with van der Waals surface area (Å²) in [6.07, 6.45) is 8.98. The summed E-state index contributed by atoms with van der Waals surface area (Å²) in [5, 5.41) is 26.9. The van der Waals surface area contributed by atoms with Crippen LogP contribution in [0.1, 0.15) is 93.4 Å². The molecule has 0 aromatic heterocycles. The molecule has 0 aliphatic carbocycles. The predicted octanol–water partition coefficient (Wildman–Crippen LogP) is 9.26. The second kappa shape index (κ2) is 28.6. The first-order valence-electron chi connectivity index (χ1n) is 24.5. The first kappa shape index (κ1) is 52.5. The highest BCUT2D eigenvalue weighted by atomic mass is 16.1. The minimum Gasteiger partial charge on any atom is -0.330 e. The van der Waals surface area contributed by atoms with Gasteiger partial charge in [0.15, 0.2) is 0 Å². The number of nitriles is 3. The van der Waals surface area contributed by atoms with Gasteiger partial charge in [-0.15, -0.1) is 0 Å². The van der Waals surface area contributed by atoms with Gasteiger partial charge in [0.2, 0.25) is 0 Å². The predicted molar refractivity (Wildman–Crippen MR) is 271 cm³/mol. The largest absolute Gasteiger partial charge is 0.330 e. The van der Waals surface area contributed by atoms with Crippen LogP contribution in [0.5, 0.6) is 0 Å². The van der Waals surface area contributed by atoms with Crippen LogP contribution in [0.3, 0.4) is 0 Å². The van der Waals surface area contributed by atoms with E-state index in [1.165, 1.54) is 40.7 Å². The third kappa shape index (κ3) is 18.3. The monoisotopic (exact) mass is 902 g/mol. The molecule has 354 valence electrons. The van der Waals surface area contributed by atoms with Gasteiger partial charge in [-0.1, -0.05) is 127 Å². The molecule has 4 aliphatic rings. The fraction of sp³-hybridized carbons (Fsp3) is 0.474. The fourth-order valence-electron chi connectivity index (χ4n) is 9.43. The standard InChI is InChI=1S/C15H25N3.C15H17N3.C15H18N2.C12H15NO/c2*16-9-6-15(13-17)7-10-18(11-8-15)12-14-4-2-1-3-5-14;1-13(11-16)15-7-9-17(10-8-15)12-14-5-3-2-4-6-14;14-12-6-8-13(9-7-12)10-11-4-2-1-3-5-11/h1-5H,6-13,16-17H2;1-5H,6-8,10-12H2;2-6H,7-10,12H2,1H3;1-5H,6-10H2. The van der Waals surface area contributed by atoms with E-state index in [4.69, 9.17) is 22.0 Å². The van der Waals surface area contributed by atoms with E-state index in [0.29, 0.717) is 17.6 Å². The highest BCUT2D eigenvalue weighted by molar-refractivity contribution is 5.79. The fourth-order valence-corrected chi connectivity index (χ4v) is 9.43. The number of rotatable bonds is 12. The maximum absolute atomic E-state index is 11.0. The summed E-state index contributed by atoms with van der Waals surface area (Å²) in [4.78, 5) is 20.7. The lowest BCUT2D eigenvalue weighted by Gasteiger charge is -2.41. The third-order valence-electron chi connectivity index (χ3n) is 14.1. The van der Waals surface area contributed by atoms with Gasteiger partial charge in [-0.05, 0) is 106 Å². The Balaban J connectivity index is 0.000000168. The van der Waals surface area contributed by atoms with E-state index in [1.807, 2.05) is 19.1 Å². The van der Waals surface area contributed by atoms with Crippen molar-refractivity contribution in [2.75, 3.05) is 65.4 Å². The maximum atomic E-state index is 11.0. The highest BCUT2D eigenvalue weighted by Gasteiger charge is 2.35. The third-order valence-corrected chi connectivity index (χ3v) is 14.1. The molecule has 8 rings (SSSR count). The average Bonchev–Trinajstić information content (AvgIpc) is 3.38. The molecule has 0 saturated carbocycles.